The SMILES string of the molecule is COc1ccccc1NC(=O)C1CCN(C(=O)Cn2nc3n(c2=O)CCCCC3)CC1. The minimum Gasteiger partial charge on any atom is -0.495 e. The lowest BCUT2D eigenvalue weighted by Gasteiger charge is -2.31. The molecule has 0 saturated carbocycles. The number of amides is 2. The fraction of sp³-hybridized carbons (Fsp3) is 0.545. The smallest absolute Gasteiger partial charge is 0.346 e. The molecule has 2 aliphatic rings. The molecule has 31 heavy (non-hydrogen) atoms. The van der Waals surface area contributed by atoms with Crippen molar-refractivity contribution in [3.63, 3.8) is 0 Å². The number of benzene rings is 1. The second-order valence-corrected chi connectivity index (χ2v) is 8.16. The standard InChI is InChI=1S/C22H29N5O4/c1-31-18-8-5-4-7-17(18)23-21(29)16-10-13-25(14-11-16)20(28)15-27-22(30)26-12-6-2-3-9-19(26)24-27/h4-5,7-8,16H,2-3,6,9-15H2,1H3,(H,23,29). The fourth-order valence-corrected chi connectivity index (χ4v) is 4.33. The zero-order valence-electron chi connectivity index (χ0n) is 17.9. The summed E-state index contributed by atoms with van der Waals surface area (Å²) in [5, 5.41) is 7.32. The molecule has 0 bridgehead atoms. The van der Waals surface area contributed by atoms with Crippen LogP contribution in [0.3, 0.4) is 0 Å². The summed E-state index contributed by atoms with van der Waals surface area (Å²) in [5.74, 6) is 1.04. The molecular weight excluding hydrogens is 398 g/mol. The highest BCUT2D eigenvalue weighted by Gasteiger charge is 2.28. The Kier molecular flexibility index (Phi) is 6.39. The van der Waals surface area contributed by atoms with Gasteiger partial charge in [0.1, 0.15) is 18.1 Å². The molecule has 9 nitrogen and oxygen atoms in total. The van der Waals surface area contributed by atoms with E-state index in [1.165, 1.54) is 4.68 Å². The number of nitrogens with zero attached hydrogens (tertiary/aromatic N) is 4. The molecular formula is C22H29N5O4. The summed E-state index contributed by atoms with van der Waals surface area (Å²) in [6.07, 6.45) is 5.04. The Hall–Kier alpha value is -3.10. The van der Waals surface area contributed by atoms with Gasteiger partial charge in [0.2, 0.25) is 11.8 Å². The monoisotopic (exact) mass is 427 g/mol. The second kappa shape index (κ2) is 9.36. The van der Waals surface area contributed by atoms with Crippen molar-refractivity contribution in [2.45, 2.75) is 51.6 Å². The largest absolute Gasteiger partial charge is 0.495 e. The third-order valence-electron chi connectivity index (χ3n) is 6.15. The number of carbonyl (C=O) groups excluding carboxylic acids is 2. The molecule has 0 spiro atoms. The third-order valence-corrected chi connectivity index (χ3v) is 6.15. The first-order valence-electron chi connectivity index (χ1n) is 10.9. The van der Waals surface area contributed by atoms with Crippen LogP contribution in [0, 0.1) is 5.92 Å². The molecule has 0 aliphatic carbocycles. The summed E-state index contributed by atoms with van der Waals surface area (Å²) >= 11 is 0. The van der Waals surface area contributed by atoms with Gasteiger partial charge in [-0.3, -0.25) is 14.2 Å². The fourth-order valence-electron chi connectivity index (χ4n) is 4.33. The number of hydrogen-bond acceptors (Lipinski definition) is 5. The first-order valence-corrected chi connectivity index (χ1v) is 10.9. The van der Waals surface area contributed by atoms with Gasteiger partial charge >= 0.3 is 5.69 Å². The number of nitrogens with one attached hydrogen (secondary N) is 1. The van der Waals surface area contributed by atoms with Crippen molar-refractivity contribution in [2.24, 2.45) is 5.92 Å². The lowest BCUT2D eigenvalue weighted by atomic mass is 9.95. The van der Waals surface area contributed by atoms with E-state index in [9.17, 15) is 14.4 Å². The molecule has 1 aromatic carbocycles. The van der Waals surface area contributed by atoms with Crippen molar-refractivity contribution in [1.29, 1.82) is 0 Å². The molecule has 0 unspecified atom stereocenters. The van der Waals surface area contributed by atoms with Gasteiger partial charge in [-0.2, -0.15) is 5.10 Å². The van der Waals surface area contributed by atoms with Gasteiger partial charge < -0.3 is 15.0 Å². The van der Waals surface area contributed by atoms with E-state index in [1.54, 1.807) is 28.7 Å². The van der Waals surface area contributed by atoms with E-state index >= 15 is 0 Å². The molecule has 0 radical (unpaired) electrons. The van der Waals surface area contributed by atoms with Gasteiger partial charge in [-0.15, -0.1) is 0 Å². The van der Waals surface area contributed by atoms with Crippen LogP contribution in [0.15, 0.2) is 29.1 Å². The minimum absolute atomic E-state index is 0.0447. The van der Waals surface area contributed by atoms with Gasteiger partial charge in [0.25, 0.3) is 0 Å². The molecule has 2 aliphatic heterocycles. The number of methoxy groups -OCH3 is 1. The van der Waals surface area contributed by atoms with Crippen LogP contribution in [0.1, 0.15) is 37.9 Å². The lowest BCUT2D eigenvalue weighted by Crippen LogP contribution is -2.44. The Labute approximate surface area is 181 Å². The van der Waals surface area contributed by atoms with Crippen LogP contribution in [0.4, 0.5) is 5.69 Å². The van der Waals surface area contributed by atoms with Gasteiger partial charge in [-0.25, -0.2) is 9.48 Å². The molecule has 0 atom stereocenters. The van der Waals surface area contributed by atoms with Crippen LogP contribution in [-0.4, -0.2) is 51.3 Å². The van der Waals surface area contributed by atoms with E-state index < -0.39 is 0 Å². The maximum Gasteiger partial charge on any atom is 0.346 e. The Balaban J connectivity index is 1.32. The van der Waals surface area contributed by atoms with Crippen molar-refractivity contribution >= 4 is 17.5 Å². The summed E-state index contributed by atoms with van der Waals surface area (Å²) in [6, 6.07) is 7.30. The molecule has 1 N–H and O–H groups in total. The van der Waals surface area contributed by atoms with Crippen LogP contribution in [0.2, 0.25) is 0 Å². The maximum absolute atomic E-state index is 12.8. The molecule has 1 saturated heterocycles. The Morgan fingerprint density at radius 2 is 1.90 bits per heavy atom. The molecule has 1 fully saturated rings. The number of anilines is 1. The normalized spacial score (nSPS) is 17.0. The predicted molar refractivity (Wildman–Crippen MR) is 115 cm³/mol. The van der Waals surface area contributed by atoms with Crippen LogP contribution < -0.4 is 15.7 Å². The van der Waals surface area contributed by atoms with Gasteiger partial charge in [-0.1, -0.05) is 18.6 Å². The summed E-state index contributed by atoms with van der Waals surface area (Å²) in [6.45, 7) is 1.61. The topological polar surface area (TPSA) is 98.5 Å². The highest BCUT2D eigenvalue weighted by Crippen LogP contribution is 2.26. The summed E-state index contributed by atoms with van der Waals surface area (Å²) < 4.78 is 8.28. The third kappa shape index (κ3) is 4.65. The number of para-hydroxylation sites is 2. The molecule has 4 rings (SSSR count). The van der Waals surface area contributed by atoms with Crippen molar-refractivity contribution in [1.82, 2.24) is 19.2 Å². The van der Waals surface area contributed by atoms with Gasteiger partial charge in [0, 0.05) is 32.0 Å². The van der Waals surface area contributed by atoms with Crippen molar-refractivity contribution in [3.05, 3.63) is 40.6 Å². The lowest BCUT2D eigenvalue weighted by molar-refractivity contribution is -0.135. The van der Waals surface area contributed by atoms with Crippen LogP contribution in [0.25, 0.3) is 0 Å². The van der Waals surface area contributed by atoms with Crippen LogP contribution in [0.5, 0.6) is 5.75 Å². The summed E-state index contributed by atoms with van der Waals surface area (Å²) in [4.78, 5) is 39.7. The Morgan fingerprint density at radius 1 is 1.13 bits per heavy atom. The van der Waals surface area contributed by atoms with Gasteiger partial charge in [-0.05, 0) is 37.8 Å². The second-order valence-electron chi connectivity index (χ2n) is 8.16. The number of carbonyl (C=O) groups is 2. The Morgan fingerprint density at radius 3 is 2.68 bits per heavy atom. The first kappa shape index (κ1) is 21.1. The predicted octanol–water partition coefficient (Wildman–Crippen LogP) is 1.66. The average Bonchev–Trinajstić information content (AvgIpc) is 2.95. The number of piperidine rings is 1. The average molecular weight is 428 g/mol. The summed E-state index contributed by atoms with van der Waals surface area (Å²) in [5.41, 5.74) is 0.448. The molecule has 9 heteroatoms. The van der Waals surface area contributed by atoms with Crippen molar-refractivity contribution < 1.29 is 14.3 Å². The number of hydrogen-bond donors (Lipinski definition) is 1. The van der Waals surface area contributed by atoms with E-state index in [4.69, 9.17) is 4.74 Å². The van der Waals surface area contributed by atoms with Crippen LogP contribution >= 0.6 is 0 Å². The van der Waals surface area contributed by atoms with E-state index in [0.717, 1.165) is 31.5 Å². The quantitative estimate of drug-likeness (QED) is 0.783. The van der Waals surface area contributed by atoms with E-state index in [1.807, 2.05) is 12.1 Å². The van der Waals surface area contributed by atoms with E-state index in [2.05, 4.69) is 10.4 Å². The summed E-state index contributed by atoms with van der Waals surface area (Å²) in [7, 11) is 1.57. The minimum atomic E-state index is -0.198. The molecule has 1 aromatic heterocycles. The van der Waals surface area contributed by atoms with Crippen LogP contribution in [-0.2, 0) is 29.1 Å². The van der Waals surface area contributed by atoms with Gasteiger partial charge in [0.05, 0.1) is 12.8 Å². The maximum atomic E-state index is 12.8. The van der Waals surface area contributed by atoms with E-state index in [0.29, 0.717) is 43.9 Å². The number of ether oxygens (including phenoxy) is 1. The number of likely N-dealkylation sites (tertiary alicyclic amines) is 1. The number of fused-ring (bicyclic) bond motifs is 1. The molecule has 3 heterocycles. The highest BCUT2D eigenvalue weighted by molar-refractivity contribution is 5.94. The first-order chi connectivity index (χ1) is 15.1. The van der Waals surface area contributed by atoms with Gasteiger partial charge in [0.15, 0.2) is 0 Å². The zero-order chi connectivity index (χ0) is 21.8. The van der Waals surface area contributed by atoms with Crippen molar-refractivity contribution in [2.75, 3.05) is 25.5 Å². The zero-order valence-corrected chi connectivity index (χ0v) is 17.9. The molecule has 2 aromatic rings. The number of aromatic nitrogens is 3. The molecule has 2 amide bonds. The Bertz CT molecular complexity index is 1000. The molecule has 166 valence electrons. The van der Waals surface area contributed by atoms with Crippen molar-refractivity contribution in [3.8, 4) is 5.75 Å². The number of rotatable bonds is 5. The van der Waals surface area contributed by atoms with E-state index in [-0.39, 0.29) is 30.0 Å². The number of aryl methyl sites for hydroxylation is 1. The highest BCUT2D eigenvalue weighted by atomic mass is 16.5.